The molecular weight excluding hydrogens is 299 g/mol. The maximum absolute atomic E-state index is 13.1. The van der Waals surface area contributed by atoms with Crippen LogP contribution < -0.4 is 5.32 Å². The van der Waals surface area contributed by atoms with E-state index < -0.39 is 0 Å². The molecule has 1 amide bonds. The van der Waals surface area contributed by atoms with E-state index in [1.165, 1.54) is 17.0 Å². The molecule has 0 aromatic heterocycles. The summed E-state index contributed by atoms with van der Waals surface area (Å²) in [4.78, 5) is 15.1. The van der Waals surface area contributed by atoms with Crippen molar-refractivity contribution in [1.29, 1.82) is 0 Å². The molecule has 2 aromatic rings. The van der Waals surface area contributed by atoms with E-state index in [0.29, 0.717) is 12.2 Å². The Morgan fingerprint density at radius 1 is 1.23 bits per heavy atom. The molecule has 1 N–H and O–H groups in total. The van der Waals surface area contributed by atoms with Gasteiger partial charge in [-0.1, -0.05) is 18.2 Å². The molecule has 0 spiro atoms. The average molecular weight is 318 g/mol. The fourth-order valence-corrected chi connectivity index (χ4v) is 2.52. The fourth-order valence-electron chi connectivity index (χ4n) is 2.11. The monoisotopic (exact) mass is 318 g/mol. The molecule has 0 aliphatic heterocycles. The lowest BCUT2D eigenvalue weighted by Gasteiger charge is -2.16. The largest absolute Gasteiger partial charge is 0.325 e. The number of likely N-dealkylation sites (N-methyl/N-ethyl adjacent to an activating group) is 1. The van der Waals surface area contributed by atoms with E-state index in [1.54, 1.807) is 23.9 Å². The molecule has 0 heterocycles. The highest BCUT2D eigenvalue weighted by atomic mass is 32.2. The lowest BCUT2D eigenvalue weighted by molar-refractivity contribution is -0.117. The van der Waals surface area contributed by atoms with E-state index in [2.05, 4.69) is 29.6 Å². The predicted molar refractivity (Wildman–Crippen MR) is 89.6 cm³/mol. The first-order valence-electron chi connectivity index (χ1n) is 6.93. The van der Waals surface area contributed by atoms with Crippen molar-refractivity contribution in [3.05, 3.63) is 59.9 Å². The van der Waals surface area contributed by atoms with Gasteiger partial charge in [-0.2, -0.15) is 0 Å². The highest BCUT2D eigenvalue weighted by Crippen LogP contribution is 2.15. The minimum atomic E-state index is -0.361. The Morgan fingerprint density at radius 2 is 1.95 bits per heavy atom. The maximum Gasteiger partial charge on any atom is 0.238 e. The van der Waals surface area contributed by atoms with Crippen molar-refractivity contribution in [1.82, 2.24) is 4.90 Å². The van der Waals surface area contributed by atoms with Crippen molar-refractivity contribution < 1.29 is 9.18 Å². The van der Waals surface area contributed by atoms with E-state index in [-0.39, 0.29) is 18.3 Å². The third kappa shape index (κ3) is 5.16. The number of nitrogens with one attached hydrogen (secondary N) is 1. The molecule has 5 heteroatoms. The molecule has 0 aliphatic rings. The van der Waals surface area contributed by atoms with Crippen LogP contribution in [0.5, 0.6) is 0 Å². The molecule has 116 valence electrons. The molecule has 2 aromatic carbocycles. The number of hydrogen-bond donors (Lipinski definition) is 1. The molecule has 0 bridgehead atoms. The van der Waals surface area contributed by atoms with Crippen LogP contribution >= 0.6 is 11.8 Å². The number of benzene rings is 2. The highest BCUT2D eigenvalue weighted by molar-refractivity contribution is 7.98. The van der Waals surface area contributed by atoms with Crippen molar-refractivity contribution in [2.24, 2.45) is 0 Å². The second-order valence-corrected chi connectivity index (χ2v) is 5.96. The zero-order chi connectivity index (χ0) is 15.9. The quantitative estimate of drug-likeness (QED) is 0.826. The molecule has 0 aliphatic carbocycles. The summed E-state index contributed by atoms with van der Waals surface area (Å²) in [6.45, 7) is 0.937. The average Bonchev–Trinajstić information content (AvgIpc) is 2.47. The first-order chi connectivity index (χ1) is 10.6. The van der Waals surface area contributed by atoms with Gasteiger partial charge in [-0.25, -0.2) is 4.39 Å². The van der Waals surface area contributed by atoms with Crippen molar-refractivity contribution in [3.63, 3.8) is 0 Å². The SMILES string of the molecule is CSc1ccc(CN(C)CC(=O)Nc2cccc(F)c2)cc1. The summed E-state index contributed by atoms with van der Waals surface area (Å²) < 4.78 is 13.1. The summed E-state index contributed by atoms with van der Waals surface area (Å²) in [6, 6.07) is 14.2. The maximum atomic E-state index is 13.1. The fraction of sp³-hybridized carbons (Fsp3) is 0.235. The Morgan fingerprint density at radius 3 is 2.59 bits per heavy atom. The van der Waals surface area contributed by atoms with E-state index in [9.17, 15) is 9.18 Å². The van der Waals surface area contributed by atoms with Crippen LogP contribution in [0.3, 0.4) is 0 Å². The molecule has 3 nitrogen and oxygen atoms in total. The molecule has 0 radical (unpaired) electrons. The molecular formula is C17H19FN2OS. The zero-order valence-electron chi connectivity index (χ0n) is 12.7. The van der Waals surface area contributed by atoms with Crippen molar-refractivity contribution >= 4 is 23.4 Å². The number of carbonyl (C=O) groups excluding carboxylic acids is 1. The normalized spacial score (nSPS) is 10.7. The van der Waals surface area contributed by atoms with E-state index in [1.807, 2.05) is 18.2 Å². The van der Waals surface area contributed by atoms with Crippen LogP contribution in [0.1, 0.15) is 5.56 Å². The number of thioether (sulfide) groups is 1. The Balaban J connectivity index is 1.85. The number of amides is 1. The molecule has 0 fully saturated rings. The smallest absolute Gasteiger partial charge is 0.238 e. The van der Waals surface area contributed by atoms with Gasteiger partial charge in [0.2, 0.25) is 5.91 Å². The minimum absolute atomic E-state index is 0.158. The molecule has 0 saturated carbocycles. The minimum Gasteiger partial charge on any atom is -0.325 e. The third-order valence-electron chi connectivity index (χ3n) is 3.13. The van der Waals surface area contributed by atoms with Crippen LogP contribution in [0.25, 0.3) is 0 Å². The molecule has 0 saturated heterocycles. The van der Waals surface area contributed by atoms with Crippen LogP contribution in [0, 0.1) is 5.82 Å². The summed E-state index contributed by atoms with van der Waals surface area (Å²) >= 11 is 1.70. The van der Waals surface area contributed by atoms with Crippen LogP contribution in [0.15, 0.2) is 53.4 Å². The van der Waals surface area contributed by atoms with Crippen LogP contribution in [-0.4, -0.2) is 30.7 Å². The Labute approximate surface area is 134 Å². The Kier molecular flexibility index (Phi) is 5.98. The van der Waals surface area contributed by atoms with Gasteiger partial charge in [0.1, 0.15) is 5.82 Å². The second kappa shape index (κ2) is 7.96. The molecule has 0 unspecified atom stereocenters. The van der Waals surface area contributed by atoms with Crippen molar-refractivity contribution in [3.8, 4) is 0 Å². The van der Waals surface area contributed by atoms with Gasteiger partial charge in [-0.05, 0) is 49.2 Å². The lowest BCUT2D eigenvalue weighted by Crippen LogP contribution is -2.29. The van der Waals surface area contributed by atoms with Gasteiger partial charge < -0.3 is 5.32 Å². The number of hydrogen-bond acceptors (Lipinski definition) is 3. The summed E-state index contributed by atoms with van der Waals surface area (Å²) in [6.07, 6.45) is 2.04. The number of halogens is 1. The van der Waals surface area contributed by atoms with Gasteiger partial charge in [0.05, 0.1) is 6.54 Å². The number of anilines is 1. The summed E-state index contributed by atoms with van der Waals surface area (Å²) in [5.41, 5.74) is 1.63. The summed E-state index contributed by atoms with van der Waals surface area (Å²) in [7, 11) is 1.88. The first-order valence-corrected chi connectivity index (χ1v) is 8.16. The topological polar surface area (TPSA) is 32.3 Å². The molecule has 22 heavy (non-hydrogen) atoms. The molecule has 0 atom stereocenters. The van der Waals surface area contributed by atoms with E-state index in [0.717, 1.165) is 5.56 Å². The van der Waals surface area contributed by atoms with E-state index >= 15 is 0 Å². The van der Waals surface area contributed by atoms with Gasteiger partial charge >= 0.3 is 0 Å². The molecule has 2 rings (SSSR count). The van der Waals surface area contributed by atoms with Gasteiger partial charge in [0.25, 0.3) is 0 Å². The van der Waals surface area contributed by atoms with Crippen molar-refractivity contribution in [2.75, 3.05) is 25.2 Å². The van der Waals surface area contributed by atoms with Gasteiger partial charge in [0.15, 0.2) is 0 Å². The number of nitrogens with zero attached hydrogens (tertiary/aromatic N) is 1. The van der Waals surface area contributed by atoms with Gasteiger partial charge in [-0.3, -0.25) is 9.69 Å². The van der Waals surface area contributed by atoms with Gasteiger partial charge in [-0.15, -0.1) is 11.8 Å². The van der Waals surface area contributed by atoms with Crippen LogP contribution in [0.2, 0.25) is 0 Å². The third-order valence-corrected chi connectivity index (χ3v) is 3.88. The second-order valence-electron chi connectivity index (χ2n) is 5.08. The Bertz CT molecular complexity index is 631. The van der Waals surface area contributed by atoms with Crippen LogP contribution in [-0.2, 0) is 11.3 Å². The number of rotatable bonds is 6. The highest BCUT2D eigenvalue weighted by Gasteiger charge is 2.08. The number of carbonyl (C=O) groups is 1. The van der Waals surface area contributed by atoms with Crippen LogP contribution in [0.4, 0.5) is 10.1 Å². The van der Waals surface area contributed by atoms with E-state index in [4.69, 9.17) is 0 Å². The van der Waals surface area contributed by atoms with Crippen molar-refractivity contribution in [2.45, 2.75) is 11.4 Å². The summed E-state index contributed by atoms with van der Waals surface area (Å²) in [5.74, 6) is -0.520. The standard InChI is InChI=1S/C17H19FN2OS/c1-20(11-13-6-8-16(22-2)9-7-13)12-17(21)19-15-5-3-4-14(18)10-15/h3-10H,11-12H2,1-2H3,(H,19,21). The van der Waals surface area contributed by atoms with Gasteiger partial charge in [0, 0.05) is 17.1 Å². The Hall–Kier alpha value is -1.85. The first kappa shape index (κ1) is 16.5. The zero-order valence-corrected chi connectivity index (χ0v) is 13.5. The predicted octanol–water partition coefficient (Wildman–Crippen LogP) is 3.62. The summed E-state index contributed by atoms with van der Waals surface area (Å²) in [5, 5.41) is 2.69. The lowest BCUT2D eigenvalue weighted by atomic mass is 10.2.